The molecule has 0 saturated carbocycles. The summed E-state index contributed by atoms with van der Waals surface area (Å²) >= 11 is 6.37. The third-order valence-corrected chi connectivity index (χ3v) is 4.58. The molecule has 4 rings (SSSR count). The van der Waals surface area contributed by atoms with Crippen LogP contribution in [0.3, 0.4) is 0 Å². The lowest BCUT2D eigenvalue weighted by Gasteiger charge is -2.14. The minimum absolute atomic E-state index is 0.318. The van der Waals surface area contributed by atoms with E-state index in [1.807, 2.05) is 57.2 Å². The standard InChI is InChI=1S/C18H14ClN3.C5H10O2/c19-18-14(8-12-3-1-2-4-15(12)22-18)17-9-13-7-11(10-20)5-6-16(13)21-17;1-5(2,3)7-4-6/h1-9,21H,10,20H2;4H,1-3H3. The van der Waals surface area contributed by atoms with E-state index in [9.17, 15) is 4.79 Å². The number of fused-ring (bicyclic) bond motifs is 2. The van der Waals surface area contributed by atoms with Gasteiger partial charge in [0, 0.05) is 34.1 Å². The molecule has 5 nitrogen and oxygen atoms in total. The molecule has 2 heterocycles. The highest BCUT2D eigenvalue weighted by Crippen LogP contribution is 2.31. The van der Waals surface area contributed by atoms with Crippen LogP contribution in [0, 0.1) is 0 Å². The van der Waals surface area contributed by atoms with Gasteiger partial charge in [-0.05, 0) is 56.7 Å². The Kier molecular flexibility index (Phi) is 6.20. The molecule has 0 aliphatic carbocycles. The number of nitrogens with one attached hydrogen (secondary N) is 1. The molecule has 0 radical (unpaired) electrons. The Labute approximate surface area is 174 Å². The second-order valence-electron chi connectivity index (χ2n) is 7.65. The van der Waals surface area contributed by atoms with E-state index in [4.69, 9.17) is 17.3 Å². The van der Waals surface area contributed by atoms with Gasteiger partial charge in [-0.1, -0.05) is 35.9 Å². The van der Waals surface area contributed by atoms with Crippen LogP contribution in [0.1, 0.15) is 26.3 Å². The smallest absolute Gasteiger partial charge is 0.293 e. The second kappa shape index (κ2) is 8.64. The van der Waals surface area contributed by atoms with Gasteiger partial charge in [-0.3, -0.25) is 4.79 Å². The van der Waals surface area contributed by atoms with Gasteiger partial charge in [-0.2, -0.15) is 0 Å². The largest absolute Gasteiger partial charge is 0.462 e. The zero-order valence-electron chi connectivity index (χ0n) is 16.7. The number of para-hydroxylation sites is 1. The summed E-state index contributed by atoms with van der Waals surface area (Å²) in [5.41, 5.74) is 10.3. The van der Waals surface area contributed by atoms with Crippen molar-refractivity contribution in [2.75, 3.05) is 0 Å². The van der Waals surface area contributed by atoms with E-state index >= 15 is 0 Å². The number of carbonyl (C=O) groups is 1. The van der Waals surface area contributed by atoms with Gasteiger partial charge in [0.2, 0.25) is 0 Å². The van der Waals surface area contributed by atoms with Crippen LogP contribution in [0.15, 0.2) is 54.6 Å². The Morgan fingerprint density at radius 2 is 1.86 bits per heavy atom. The lowest BCUT2D eigenvalue weighted by molar-refractivity contribution is -0.138. The van der Waals surface area contributed by atoms with Crippen molar-refractivity contribution < 1.29 is 9.53 Å². The van der Waals surface area contributed by atoms with E-state index in [1.54, 1.807) is 0 Å². The number of hydrogen-bond acceptors (Lipinski definition) is 4. The number of benzene rings is 2. The van der Waals surface area contributed by atoms with Crippen molar-refractivity contribution in [2.24, 2.45) is 5.73 Å². The number of hydrogen-bond donors (Lipinski definition) is 2. The molecule has 0 unspecified atom stereocenters. The normalized spacial score (nSPS) is 11.2. The molecule has 0 fully saturated rings. The molecule has 0 saturated heterocycles. The average Bonchev–Trinajstić information content (AvgIpc) is 3.09. The molecule has 150 valence electrons. The number of carbonyl (C=O) groups excluding carboxylic acids is 1. The Bertz CT molecular complexity index is 1150. The molecule has 0 aliphatic rings. The number of pyridine rings is 1. The number of nitrogens with zero attached hydrogens (tertiary/aromatic N) is 1. The van der Waals surface area contributed by atoms with Crippen molar-refractivity contribution in [1.82, 2.24) is 9.97 Å². The molecule has 2 aromatic carbocycles. The van der Waals surface area contributed by atoms with Gasteiger partial charge in [0.05, 0.1) is 5.52 Å². The Hall–Kier alpha value is -2.89. The number of ether oxygens (including phenoxy) is 1. The van der Waals surface area contributed by atoms with Crippen molar-refractivity contribution in [1.29, 1.82) is 0 Å². The van der Waals surface area contributed by atoms with Crippen LogP contribution in [0.25, 0.3) is 33.1 Å². The molecule has 0 bridgehead atoms. The van der Waals surface area contributed by atoms with Crippen molar-refractivity contribution in [3.8, 4) is 11.3 Å². The summed E-state index contributed by atoms with van der Waals surface area (Å²) < 4.78 is 4.55. The topological polar surface area (TPSA) is 81.0 Å². The zero-order valence-corrected chi connectivity index (χ0v) is 17.5. The summed E-state index contributed by atoms with van der Waals surface area (Å²) in [5.74, 6) is 0. The SMILES string of the molecule is CC(C)(C)OC=O.NCc1ccc2[nH]c(-c3cc4ccccc4nc3Cl)cc2c1. The molecular formula is C23H24ClN3O2. The summed E-state index contributed by atoms with van der Waals surface area (Å²) in [6.45, 7) is 6.46. The molecule has 0 spiro atoms. The third kappa shape index (κ3) is 5.13. The third-order valence-electron chi connectivity index (χ3n) is 4.29. The zero-order chi connectivity index (χ0) is 21.0. The van der Waals surface area contributed by atoms with E-state index in [-0.39, 0.29) is 5.60 Å². The minimum atomic E-state index is -0.318. The first-order chi connectivity index (χ1) is 13.8. The van der Waals surface area contributed by atoms with E-state index in [1.165, 1.54) is 0 Å². The van der Waals surface area contributed by atoms with E-state index in [0.29, 0.717) is 18.2 Å². The highest BCUT2D eigenvalue weighted by molar-refractivity contribution is 6.32. The molecule has 6 heteroatoms. The van der Waals surface area contributed by atoms with Crippen molar-refractivity contribution in [3.63, 3.8) is 0 Å². The number of aromatic amines is 1. The van der Waals surface area contributed by atoms with Gasteiger partial charge in [-0.25, -0.2) is 4.98 Å². The van der Waals surface area contributed by atoms with Gasteiger partial charge >= 0.3 is 0 Å². The van der Waals surface area contributed by atoms with E-state index in [0.717, 1.165) is 38.6 Å². The summed E-state index contributed by atoms with van der Waals surface area (Å²) in [6, 6.07) is 18.3. The minimum Gasteiger partial charge on any atom is -0.462 e. The molecule has 0 atom stereocenters. The lowest BCUT2D eigenvalue weighted by Crippen LogP contribution is -2.17. The second-order valence-corrected chi connectivity index (χ2v) is 8.01. The number of nitrogens with two attached hydrogens (primary N) is 1. The lowest BCUT2D eigenvalue weighted by atomic mass is 10.1. The Morgan fingerprint density at radius 1 is 1.10 bits per heavy atom. The van der Waals surface area contributed by atoms with E-state index < -0.39 is 0 Å². The van der Waals surface area contributed by atoms with Crippen LogP contribution in [0.2, 0.25) is 5.15 Å². The quantitative estimate of drug-likeness (QED) is 0.348. The van der Waals surface area contributed by atoms with Gasteiger partial charge in [0.15, 0.2) is 0 Å². The van der Waals surface area contributed by atoms with Gasteiger partial charge < -0.3 is 15.5 Å². The van der Waals surface area contributed by atoms with Crippen LogP contribution in [0.4, 0.5) is 0 Å². The molecule has 29 heavy (non-hydrogen) atoms. The average molecular weight is 410 g/mol. The highest BCUT2D eigenvalue weighted by Gasteiger charge is 2.10. The first-order valence-corrected chi connectivity index (χ1v) is 9.67. The number of rotatable bonds is 3. The van der Waals surface area contributed by atoms with Crippen molar-refractivity contribution in [2.45, 2.75) is 32.9 Å². The van der Waals surface area contributed by atoms with Crippen LogP contribution >= 0.6 is 11.6 Å². The monoisotopic (exact) mass is 409 g/mol. The van der Waals surface area contributed by atoms with Crippen LogP contribution in [0.5, 0.6) is 0 Å². The maximum atomic E-state index is 9.60. The van der Waals surface area contributed by atoms with Gasteiger partial charge in [0.1, 0.15) is 10.8 Å². The number of halogens is 1. The number of aromatic nitrogens is 2. The van der Waals surface area contributed by atoms with Crippen molar-refractivity contribution in [3.05, 3.63) is 65.3 Å². The Morgan fingerprint density at radius 3 is 2.52 bits per heavy atom. The van der Waals surface area contributed by atoms with Crippen LogP contribution < -0.4 is 5.73 Å². The molecular weight excluding hydrogens is 386 g/mol. The molecule has 2 aromatic heterocycles. The van der Waals surface area contributed by atoms with Crippen LogP contribution in [-0.4, -0.2) is 22.0 Å². The highest BCUT2D eigenvalue weighted by atomic mass is 35.5. The maximum absolute atomic E-state index is 9.60. The van der Waals surface area contributed by atoms with Gasteiger partial charge in [-0.15, -0.1) is 0 Å². The van der Waals surface area contributed by atoms with Gasteiger partial charge in [0.25, 0.3) is 6.47 Å². The first-order valence-electron chi connectivity index (χ1n) is 9.29. The first kappa shape index (κ1) is 20.8. The maximum Gasteiger partial charge on any atom is 0.293 e. The molecule has 4 aromatic rings. The molecule has 3 N–H and O–H groups in total. The fraction of sp³-hybridized carbons (Fsp3) is 0.217. The molecule has 0 aliphatic heterocycles. The summed E-state index contributed by atoms with van der Waals surface area (Å²) in [5, 5.41) is 2.70. The fourth-order valence-electron chi connectivity index (χ4n) is 2.88. The fourth-order valence-corrected chi connectivity index (χ4v) is 3.13. The predicted molar refractivity (Wildman–Crippen MR) is 119 cm³/mol. The van der Waals surface area contributed by atoms with Crippen molar-refractivity contribution >= 4 is 39.9 Å². The molecule has 0 amide bonds. The Balaban J connectivity index is 0.000000298. The van der Waals surface area contributed by atoms with Crippen LogP contribution in [-0.2, 0) is 16.1 Å². The summed E-state index contributed by atoms with van der Waals surface area (Å²) in [4.78, 5) is 17.5. The van der Waals surface area contributed by atoms with E-state index in [2.05, 4.69) is 32.9 Å². The predicted octanol–water partition coefficient (Wildman–Crippen LogP) is 5.45. The summed E-state index contributed by atoms with van der Waals surface area (Å²) in [6.07, 6.45) is 0. The summed E-state index contributed by atoms with van der Waals surface area (Å²) in [7, 11) is 0. The number of H-pyrrole nitrogens is 1.